The maximum absolute atomic E-state index is 11.6. The Morgan fingerprint density at radius 1 is 1.30 bits per heavy atom. The van der Waals surface area contributed by atoms with Gasteiger partial charge in [0.05, 0.1) is 25.4 Å². The van der Waals surface area contributed by atoms with E-state index in [9.17, 15) is 9.90 Å². The van der Waals surface area contributed by atoms with E-state index in [4.69, 9.17) is 9.47 Å². The highest BCUT2D eigenvalue weighted by atomic mass is 16.6. The molecule has 1 aliphatic rings. The molecule has 1 fully saturated rings. The summed E-state index contributed by atoms with van der Waals surface area (Å²) < 4.78 is 10.9. The maximum Gasteiger partial charge on any atom is 0.408 e. The molecule has 1 saturated carbocycles. The van der Waals surface area contributed by atoms with E-state index in [0.717, 1.165) is 18.8 Å². The minimum absolute atomic E-state index is 0.150. The second-order valence-electron chi connectivity index (χ2n) is 6.74. The minimum atomic E-state index is -0.537. The van der Waals surface area contributed by atoms with Gasteiger partial charge in [0, 0.05) is 0 Å². The van der Waals surface area contributed by atoms with Crippen LogP contribution in [0.25, 0.3) is 0 Å². The fourth-order valence-corrected chi connectivity index (χ4v) is 2.26. The van der Waals surface area contributed by atoms with E-state index in [0.29, 0.717) is 6.61 Å². The smallest absolute Gasteiger partial charge is 0.408 e. The van der Waals surface area contributed by atoms with Crippen LogP contribution < -0.4 is 5.32 Å². The highest BCUT2D eigenvalue weighted by Gasteiger charge is 2.22. The van der Waals surface area contributed by atoms with Crippen LogP contribution in [0.2, 0.25) is 0 Å². The highest BCUT2D eigenvalue weighted by molar-refractivity contribution is 5.68. The van der Waals surface area contributed by atoms with Crippen molar-refractivity contribution in [3.8, 4) is 0 Å². The van der Waals surface area contributed by atoms with Gasteiger partial charge in [-0.2, -0.15) is 0 Å². The molecule has 0 aromatic heterocycles. The summed E-state index contributed by atoms with van der Waals surface area (Å²) in [5, 5.41) is 11.9. The molecule has 0 aromatic rings. The zero-order valence-corrected chi connectivity index (χ0v) is 13.1. The number of hydrogen-bond acceptors (Lipinski definition) is 4. The van der Waals surface area contributed by atoms with Gasteiger partial charge in [0.15, 0.2) is 0 Å². The molecule has 5 nitrogen and oxygen atoms in total. The second kappa shape index (κ2) is 7.84. The average Bonchev–Trinajstić information content (AvgIpc) is 2.34. The van der Waals surface area contributed by atoms with Crippen molar-refractivity contribution >= 4 is 6.09 Å². The van der Waals surface area contributed by atoms with Crippen LogP contribution in [0, 0.1) is 5.92 Å². The Hall–Kier alpha value is -0.810. The zero-order chi connectivity index (χ0) is 15.2. The van der Waals surface area contributed by atoms with Gasteiger partial charge in [0.1, 0.15) is 5.60 Å². The summed E-state index contributed by atoms with van der Waals surface area (Å²) in [5.41, 5.74) is -0.537. The van der Waals surface area contributed by atoms with Gasteiger partial charge in [-0.25, -0.2) is 4.79 Å². The van der Waals surface area contributed by atoms with Crippen molar-refractivity contribution in [1.29, 1.82) is 0 Å². The first-order chi connectivity index (χ1) is 9.30. The predicted molar refractivity (Wildman–Crippen MR) is 77.6 cm³/mol. The predicted octanol–water partition coefficient (Wildman–Crippen LogP) is 2.47. The standard InChI is InChI=1S/C15H29NO4/c1-11-5-7-13(8-6-11)19-10-12(9-17)16-14(18)20-15(2,3)4/h11-13,17H,5-10H2,1-4H3,(H,16,18)/t11?,12-,13?/m0/s1. The van der Waals surface area contributed by atoms with Gasteiger partial charge in [-0.05, 0) is 52.4 Å². The quantitative estimate of drug-likeness (QED) is 0.815. The molecule has 0 unspecified atom stereocenters. The molecule has 1 amide bonds. The number of amides is 1. The molecule has 20 heavy (non-hydrogen) atoms. The molecule has 0 radical (unpaired) electrons. The summed E-state index contributed by atoms with van der Waals surface area (Å²) in [5.74, 6) is 0.781. The van der Waals surface area contributed by atoms with Crippen LogP contribution in [0.3, 0.4) is 0 Å². The second-order valence-corrected chi connectivity index (χ2v) is 6.74. The lowest BCUT2D eigenvalue weighted by atomic mass is 9.89. The Bertz CT molecular complexity index is 293. The Labute approximate surface area is 122 Å². The van der Waals surface area contributed by atoms with Crippen molar-refractivity contribution in [2.45, 2.75) is 71.1 Å². The largest absolute Gasteiger partial charge is 0.444 e. The Balaban J connectivity index is 2.27. The van der Waals surface area contributed by atoms with E-state index in [1.54, 1.807) is 20.8 Å². The molecule has 118 valence electrons. The summed E-state index contributed by atoms with van der Waals surface area (Å²) in [6.07, 6.45) is 4.23. The number of alkyl carbamates (subject to hydrolysis) is 1. The molecule has 0 aliphatic heterocycles. The third kappa shape index (κ3) is 7.10. The molecular formula is C15H29NO4. The molecule has 5 heteroatoms. The van der Waals surface area contributed by atoms with Gasteiger partial charge in [0.25, 0.3) is 0 Å². The van der Waals surface area contributed by atoms with Gasteiger partial charge in [-0.1, -0.05) is 6.92 Å². The summed E-state index contributed by atoms with van der Waals surface area (Å²) in [4.78, 5) is 11.6. The van der Waals surface area contributed by atoms with Crippen molar-refractivity contribution < 1.29 is 19.4 Å². The molecule has 0 heterocycles. The Morgan fingerprint density at radius 2 is 1.90 bits per heavy atom. The third-order valence-electron chi connectivity index (χ3n) is 3.44. The van der Waals surface area contributed by atoms with Gasteiger partial charge in [0.2, 0.25) is 0 Å². The fourth-order valence-electron chi connectivity index (χ4n) is 2.26. The molecule has 1 rings (SSSR count). The Morgan fingerprint density at radius 3 is 2.40 bits per heavy atom. The van der Waals surface area contributed by atoms with E-state index >= 15 is 0 Å². The number of carbonyl (C=O) groups excluding carboxylic acids is 1. The SMILES string of the molecule is CC1CCC(OC[C@H](CO)NC(=O)OC(C)(C)C)CC1. The lowest BCUT2D eigenvalue weighted by Crippen LogP contribution is -2.44. The molecule has 0 bridgehead atoms. The van der Waals surface area contributed by atoms with E-state index in [1.807, 2.05) is 0 Å². The van der Waals surface area contributed by atoms with E-state index in [-0.39, 0.29) is 12.7 Å². The van der Waals surface area contributed by atoms with Gasteiger partial charge < -0.3 is 19.9 Å². The first-order valence-corrected chi connectivity index (χ1v) is 7.52. The van der Waals surface area contributed by atoms with Gasteiger partial charge >= 0.3 is 6.09 Å². The number of aliphatic hydroxyl groups excluding tert-OH is 1. The van der Waals surface area contributed by atoms with Crippen molar-refractivity contribution in [1.82, 2.24) is 5.32 Å². The van der Waals surface area contributed by atoms with Crippen LogP contribution in [0.15, 0.2) is 0 Å². The summed E-state index contributed by atoms with van der Waals surface area (Å²) in [7, 11) is 0. The summed E-state index contributed by atoms with van der Waals surface area (Å²) >= 11 is 0. The van der Waals surface area contributed by atoms with Gasteiger partial charge in [-0.3, -0.25) is 0 Å². The Kier molecular flexibility index (Phi) is 6.76. The van der Waals surface area contributed by atoms with Crippen LogP contribution in [0.4, 0.5) is 4.79 Å². The number of rotatable bonds is 5. The molecule has 1 atom stereocenters. The molecular weight excluding hydrogens is 258 g/mol. The van der Waals surface area contributed by atoms with E-state index < -0.39 is 17.7 Å². The first-order valence-electron chi connectivity index (χ1n) is 7.52. The third-order valence-corrected chi connectivity index (χ3v) is 3.44. The van der Waals surface area contributed by atoms with Crippen molar-refractivity contribution in [3.63, 3.8) is 0 Å². The van der Waals surface area contributed by atoms with Crippen molar-refractivity contribution in [2.24, 2.45) is 5.92 Å². The lowest BCUT2D eigenvalue weighted by molar-refractivity contribution is -0.00411. The molecule has 2 N–H and O–H groups in total. The van der Waals surface area contributed by atoms with Crippen LogP contribution in [0.5, 0.6) is 0 Å². The van der Waals surface area contributed by atoms with Gasteiger partial charge in [-0.15, -0.1) is 0 Å². The number of hydrogen-bond donors (Lipinski definition) is 2. The molecule has 0 aromatic carbocycles. The number of carbonyl (C=O) groups is 1. The lowest BCUT2D eigenvalue weighted by Gasteiger charge is -2.28. The molecule has 0 spiro atoms. The number of ether oxygens (including phenoxy) is 2. The van der Waals surface area contributed by atoms with E-state index in [2.05, 4.69) is 12.2 Å². The van der Waals surface area contributed by atoms with Crippen LogP contribution >= 0.6 is 0 Å². The maximum atomic E-state index is 11.6. The van der Waals surface area contributed by atoms with Crippen LogP contribution in [0.1, 0.15) is 53.4 Å². The number of nitrogens with one attached hydrogen (secondary N) is 1. The monoisotopic (exact) mass is 287 g/mol. The fraction of sp³-hybridized carbons (Fsp3) is 0.933. The topological polar surface area (TPSA) is 67.8 Å². The van der Waals surface area contributed by atoms with Crippen LogP contribution in [-0.4, -0.2) is 42.2 Å². The van der Waals surface area contributed by atoms with Crippen molar-refractivity contribution in [2.75, 3.05) is 13.2 Å². The highest BCUT2D eigenvalue weighted by Crippen LogP contribution is 2.25. The summed E-state index contributed by atoms with van der Waals surface area (Å²) in [6, 6.07) is -0.413. The van der Waals surface area contributed by atoms with Crippen LogP contribution in [-0.2, 0) is 9.47 Å². The molecule has 1 aliphatic carbocycles. The van der Waals surface area contributed by atoms with Crippen molar-refractivity contribution in [3.05, 3.63) is 0 Å². The summed E-state index contributed by atoms with van der Waals surface area (Å²) in [6.45, 7) is 7.86. The number of aliphatic hydroxyl groups is 1. The van der Waals surface area contributed by atoms with E-state index in [1.165, 1.54) is 12.8 Å². The first kappa shape index (κ1) is 17.2. The minimum Gasteiger partial charge on any atom is -0.444 e. The molecule has 0 saturated heterocycles. The average molecular weight is 287 g/mol. The normalized spacial score (nSPS) is 25.1. The zero-order valence-electron chi connectivity index (χ0n) is 13.1.